The van der Waals surface area contributed by atoms with E-state index in [2.05, 4.69) is 35.7 Å². The summed E-state index contributed by atoms with van der Waals surface area (Å²) in [5, 5.41) is 9.82. The van der Waals surface area contributed by atoms with Gasteiger partial charge in [0.1, 0.15) is 6.10 Å². The first kappa shape index (κ1) is 26.6. The molecule has 6 atom stereocenters. The Morgan fingerprint density at radius 3 is 2.17 bits per heavy atom. The minimum absolute atomic E-state index is 0.0218. The summed E-state index contributed by atoms with van der Waals surface area (Å²) < 4.78 is 6.07. The van der Waals surface area contributed by atoms with Crippen molar-refractivity contribution in [3.63, 3.8) is 0 Å². The fourth-order valence-corrected chi connectivity index (χ4v) is 8.35. The van der Waals surface area contributed by atoms with Gasteiger partial charge in [-0.15, -0.1) is 0 Å². The average molecular weight is 542 g/mol. The molecule has 0 heterocycles. The molecule has 3 saturated carbocycles. The van der Waals surface area contributed by atoms with Crippen molar-refractivity contribution in [1.82, 2.24) is 0 Å². The minimum atomic E-state index is -0.573. The molecule has 3 fully saturated rings. The quantitative estimate of drug-likeness (QED) is 0.302. The number of carbonyl (C=O) groups excluding carboxylic acids is 2. The summed E-state index contributed by atoms with van der Waals surface area (Å²) in [6, 6.07) is 18.8. The number of benzene rings is 2. The van der Waals surface area contributed by atoms with Crippen LogP contribution in [0.1, 0.15) is 65.2 Å². The Morgan fingerprint density at radius 1 is 0.800 bits per heavy atom. The highest BCUT2D eigenvalue weighted by atomic mass is 16.7. The van der Waals surface area contributed by atoms with E-state index >= 15 is 0 Å². The maximum atomic E-state index is 12.7. The number of para-hydroxylation sites is 2. The number of nitrogens with one attached hydrogen (secondary N) is 2. The molecule has 210 valence electrons. The van der Waals surface area contributed by atoms with E-state index in [1.807, 2.05) is 60.7 Å². The molecule has 0 saturated heterocycles. The predicted molar refractivity (Wildman–Crippen MR) is 156 cm³/mol. The summed E-state index contributed by atoms with van der Waals surface area (Å²) in [5.74, 6) is 1.82. The lowest BCUT2D eigenvalue weighted by molar-refractivity contribution is -0.0735. The van der Waals surface area contributed by atoms with E-state index in [-0.39, 0.29) is 23.0 Å². The Morgan fingerprint density at radius 2 is 1.48 bits per heavy atom. The molecule has 0 bridgehead atoms. The van der Waals surface area contributed by atoms with Gasteiger partial charge in [-0.3, -0.25) is 15.5 Å². The number of nitrogens with zero attached hydrogens (tertiary/aromatic N) is 1. The first-order valence-electron chi connectivity index (χ1n) is 14.7. The van der Waals surface area contributed by atoms with Gasteiger partial charge in [0.2, 0.25) is 0 Å². The Balaban J connectivity index is 1.10. The van der Waals surface area contributed by atoms with Crippen molar-refractivity contribution >= 4 is 29.3 Å². The molecule has 0 spiro atoms. The highest BCUT2D eigenvalue weighted by molar-refractivity contribution is 5.97. The number of carbonyl (C=O) groups is 2. The van der Waals surface area contributed by atoms with Gasteiger partial charge in [0, 0.05) is 16.8 Å². The van der Waals surface area contributed by atoms with Crippen molar-refractivity contribution in [2.24, 2.45) is 33.7 Å². The number of hydrogen-bond donors (Lipinski definition) is 2. The molecule has 7 nitrogen and oxygen atoms in total. The molecule has 4 aliphatic rings. The van der Waals surface area contributed by atoms with E-state index in [1.54, 1.807) is 0 Å². The zero-order valence-corrected chi connectivity index (χ0v) is 23.4. The van der Waals surface area contributed by atoms with Crippen LogP contribution in [-0.2, 0) is 9.57 Å². The predicted octanol–water partition coefficient (Wildman–Crippen LogP) is 8.17. The smallest absolute Gasteiger partial charge is 0.437 e. The number of hydrogen-bond acceptors (Lipinski definition) is 5. The highest BCUT2D eigenvalue weighted by Gasteiger charge is 2.60. The van der Waals surface area contributed by atoms with Gasteiger partial charge in [0.15, 0.2) is 0 Å². The van der Waals surface area contributed by atoms with E-state index < -0.39 is 6.09 Å². The lowest BCUT2D eigenvalue weighted by atomic mass is 9.47. The van der Waals surface area contributed by atoms with E-state index in [0.29, 0.717) is 23.4 Å². The molecule has 0 radical (unpaired) electrons. The first-order chi connectivity index (χ1) is 19.3. The number of rotatable bonds is 4. The SMILES string of the molecule is CC12CC/C(=N/OC(=O)Nc3ccccc3)C=C1CCC1C2CCC2(C)C(OC(=O)Nc3ccccc3)CCC12. The summed E-state index contributed by atoms with van der Waals surface area (Å²) in [6.07, 6.45) is 9.52. The third kappa shape index (κ3) is 5.02. The van der Waals surface area contributed by atoms with Crippen LogP contribution in [-0.4, -0.2) is 24.0 Å². The molecular formula is C33H39N3O4. The Kier molecular flexibility index (Phi) is 7.15. The zero-order chi connectivity index (χ0) is 27.7. The van der Waals surface area contributed by atoms with Gasteiger partial charge in [0.05, 0.1) is 5.71 Å². The van der Waals surface area contributed by atoms with Crippen LogP contribution in [0.25, 0.3) is 0 Å². The lowest BCUT2D eigenvalue weighted by Crippen LogP contribution is -2.51. The Hall–Kier alpha value is -3.61. The normalized spacial score (nSPS) is 33.5. The van der Waals surface area contributed by atoms with Crippen molar-refractivity contribution in [2.45, 2.75) is 71.3 Å². The summed E-state index contributed by atoms with van der Waals surface area (Å²) in [5.41, 5.74) is 3.89. The second-order valence-electron chi connectivity index (χ2n) is 12.5. The number of amides is 2. The van der Waals surface area contributed by atoms with Gasteiger partial charge in [-0.1, -0.05) is 61.0 Å². The van der Waals surface area contributed by atoms with Gasteiger partial charge in [0.25, 0.3) is 0 Å². The van der Waals surface area contributed by atoms with Crippen molar-refractivity contribution in [2.75, 3.05) is 10.6 Å². The molecule has 4 aliphatic carbocycles. The second kappa shape index (κ2) is 10.8. The second-order valence-corrected chi connectivity index (χ2v) is 12.5. The van der Waals surface area contributed by atoms with Crippen molar-refractivity contribution in [3.05, 3.63) is 72.3 Å². The monoisotopic (exact) mass is 541 g/mol. The molecule has 2 amide bonds. The largest absolute Gasteiger partial charge is 0.445 e. The van der Waals surface area contributed by atoms with E-state index in [4.69, 9.17) is 9.57 Å². The van der Waals surface area contributed by atoms with Gasteiger partial charge in [-0.2, -0.15) is 0 Å². The molecular weight excluding hydrogens is 502 g/mol. The van der Waals surface area contributed by atoms with Crippen LogP contribution in [0.3, 0.4) is 0 Å². The molecule has 6 unspecified atom stereocenters. The van der Waals surface area contributed by atoms with Crippen molar-refractivity contribution < 1.29 is 19.2 Å². The molecule has 2 aromatic rings. The summed E-state index contributed by atoms with van der Waals surface area (Å²) in [6.45, 7) is 4.80. The third-order valence-electron chi connectivity index (χ3n) is 10.4. The summed E-state index contributed by atoms with van der Waals surface area (Å²) >= 11 is 0. The Bertz CT molecular complexity index is 1310. The van der Waals surface area contributed by atoms with Gasteiger partial charge < -0.3 is 4.74 Å². The molecule has 7 heteroatoms. The first-order valence-corrected chi connectivity index (χ1v) is 14.7. The van der Waals surface area contributed by atoms with E-state index in [1.165, 1.54) is 5.57 Å². The fraction of sp³-hybridized carbons (Fsp3) is 0.485. The number of fused-ring (bicyclic) bond motifs is 5. The third-order valence-corrected chi connectivity index (χ3v) is 10.4. The van der Waals surface area contributed by atoms with Crippen LogP contribution >= 0.6 is 0 Å². The summed E-state index contributed by atoms with van der Waals surface area (Å²) in [7, 11) is 0. The van der Waals surface area contributed by atoms with Crippen LogP contribution in [0, 0.1) is 28.6 Å². The Labute approximate surface area is 236 Å². The maximum Gasteiger partial charge on any atom is 0.437 e. The molecule has 0 aliphatic heterocycles. The van der Waals surface area contributed by atoms with Gasteiger partial charge >= 0.3 is 12.2 Å². The number of anilines is 2. The molecule has 0 aromatic heterocycles. The maximum absolute atomic E-state index is 12.7. The molecule has 6 rings (SSSR count). The fourth-order valence-electron chi connectivity index (χ4n) is 8.35. The van der Waals surface area contributed by atoms with Gasteiger partial charge in [-0.05, 0) is 105 Å². The summed E-state index contributed by atoms with van der Waals surface area (Å²) in [4.78, 5) is 30.2. The zero-order valence-electron chi connectivity index (χ0n) is 23.4. The molecule has 40 heavy (non-hydrogen) atoms. The van der Waals surface area contributed by atoms with E-state index in [9.17, 15) is 9.59 Å². The van der Waals surface area contributed by atoms with Crippen LogP contribution < -0.4 is 10.6 Å². The topological polar surface area (TPSA) is 89.0 Å². The number of allylic oxidation sites excluding steroid dienone is 2. The number of ether oxygens (including phenoxy) is 1. The van der Waals surface area contributed by atoms with Crippen LogP contribution in [0.15, 0.2) is 77.5 Å². The van der Waals surface area contributed by atoms with Crippen molar-refractivity contribution in [3.8, 4) is 0 Å². The lowest BCUT2D eigenvalue weighted by Gasteiger charge is -2.57. The minimum Gasteiger partial charge on any atom is -0.445 e. The van der Waals surface area contributed by atoms with E-state index in [0.717, 1.165) is 62.8 Å². The van der Waals surface area contributed by atoms with Crippen LogP contribution in [0.2, 0.25) is 0 Å². The molecule has 2 aromatic carbocycles. The van der Waals surface area contributed by atoms with Crippen LogP contribution in [0.5, 0.6) is 0 Å². The number of oxime groups is 1. The van der Waals surface area contributed by atoms with Crippen LogP contribution in [0.4, 0.5) is 21.0 Å². The highest BCUT2D eigenvalue weighted by Crippen LogP contribution is 2.65. The molecule has 2 N–H and O–H groups in total. The average Bonchev–Trinajstić information content (AvgIpc) is 3.28. The standard InChI is InChI=1S/C33H39N3O4/c1-32-19-17-25(36-40-31(38)35-24-11-7-4-8-12-24)21-22(32)13-14-26-27-15-16-29(33(27,2)20-18-28(26)32)39-30(37)34-23-9-5-3-6-10-23/h3-12,21,26-29H,13-20H2,1-2H3,(H,34,37)(H,35,38)/b36-25-. The van der Waals surface area contributed by atoms with Gasteiger partial charge in [-0.25, -0.2) is 9.59 Å². The van der Waals surface area contributed by atoms with Crippen molar-refractivity contribution in [1.29, 1.82) is 0 Å².